The first-order valence-corrected chi connectivity index (χ1v) is 6.35. The standard InChI is InChI=1S/C13H13IN2/c1-10(11-5-3-2-4-6-11)7-13-15-8-12(14)9-16-13/h2-6,8-10H,7H2,1H3/t10-/m1/s1. The molecule has 1 heterocycles. The van der Waals surface area contributed by atoms with E-state index in [2.05, 4.69) is 63.7 Å². The SMILES string of the molecule is C[C@H](Cc1ncc(I)cn1)c1ccccc1. The summed E-state index contributed by atoms with van der Waals surface area (Å²) >= 11 is 2.22. The maximum absolute atomic E-state index is 4.33. The summed E-state index contributed by atoms with van der Waals surface area (Å²) in [5.41, 5.74) is 1.34. The van der Waals surface area contributed by atoms with Gasteiger partial charge in [0.1, 0.15) is 5.82 Å². The second kappa shape index (κ2) is 5.39. The summed E-state index contributed by atoms with van der Waals surface area (Å²) in [6.07, 6.45) is 4.61. The Morgan fingerprint density at radius 2 is 1.75 bits per heavy atom. The van der Waals surface area contributed by atoms with E-state index in [1.807, 2.05) is 18.5 Å². The topological polar surface area (TPSA) is 25.8 Å². The van der Waals surface area contributed by atoms with Crippen molar-refractivity contribution in [2.45, 2.75) is 19.3 Å². The first kappa shape index (κ1) is 11.5. The number of nitrogens with zero attached hydrogens (tertiary/aromatic N) is 2. The zero-order valence-corrected chi connectivity index (χ0v) is 11.3. The van der Waals surface area contributed by atoms with Crippen molar-refractivity contribution in [1.82, 2.24) is 9.97 Å². The Balaban J connectivity index is 2.08. The number of halogens is 1. The predicted molar refractivity (Wildman–Crippen MR) is 73.3 cm³/mol. The van der Waals surface area contributed by atoms with Crippen LogP contribution in [0.4, 0.5) is 0 Å². The minimum atomic E-state index is 0.460. The van der Waals surface area contributed by atoms with Crippen molar-refractivity contribution < 1.29 is 0 Å². The van der Waals surface area contributed by atoms with Crippen LogP contribution >= 0.6 is 22.6 Å². The van der Waals surface area contributed by atoms with Crippen molar-refractivity contribution >= 4 is 22.6 Å². The van der Waals surface area contributed by atoms with Crippen LogP contribution in [0.25, 0.3) is 0 Å². The van der Waals surface area contributed by atoms with E-state index in [0.717, 1.165) is 15.8 Å². The van der Waals surface area contributed by atoms with Gasteiger partial charge in [0.15, 0.2) is 0 Å². The number of hydrogen-bond donors (Lipinski definition) is 0. The van der Waals surface area contributed by atoms with E-state index in [1.165, 1.54) is 5.56 Å². The second-order valence-corrected chi connectivity index (χ2v) is 5.08. The summed E-state index contributed by atoms with van der Waals surface area (Å²) in [4.78, 5) is 8.65. The molecule has 0 aliphatic carbocycles. The van der Waals surface area contributed by atoms with Crippen LogP contribution in [0.1, 0.15) is 24.2 Å². The van der Waals surface area contributed by atoms with Gasteiger partial charge in [-0.25, -0.2) is 9.97 Å². The van der Waals surface area contributed by atoms with Crippen LogP contribution in [0.5, 0.6) is 0 Å². The molecule has 0 saturated heterocycles. The Labute approximate surface area is 109 Å². The molecular weight excluding hydrogens is 311 g/mol. The molecule has 2 rings (SSSR count). The minimum Gasteiger partial charge on any atom is -0.240 e. The predicted octanol–water partition coefficient (Wildman–Crippen LogP) is 3.43. The summed E-state index contributed by atoms with van der Waals surface area (Å²) in [7, 11) is 0. The van der Waals surface area contributed by atoms with Gasteiger partial charge >= 0.3 is 0 Å². The molecule has 1 aromatic heterocycles. The van der Waals surface area contributed by atoms with Crippen LogP contribution in [-0.4, -0.2) is 9.97 Å². The van der Waals surface area contributed by atoms with Gasteiger partial charge in [-0.15, -0.1) is 0 Å². The highest BCUT2D eigenvalue weighted by molar-refractivity contribution is 14.1. The van der Waals surface area contributed by atoms with Crippen LogP contribution in [-0.2, 0) is 6.42 Å². The van der Waals surface area contributed by atoms with Gasteiger partial charge in [0.2, 0.25) is 0 Å². The van der Waals surface area contributed by atoms with Gasteiger partial charge in [-0.1, -0.05) is 37.3 Å². The Hall–Kier alpha value is -0.970. The molecule has 0 spiro atoms. The third kappa shape index (κ3) is 3.01. The van der Waals surface area contributed by atoms with E-state index in [-0.39, 0.29) is 0 Å². The van der Waals surface area contributed by atoms with E-state index < -0.39 is 0 Å². The van der Waals surface area contributed by atoms with Crippen molar-refractivity contribution in [3.05, 3.63) is 57.7 Å². The highest BCUT2D eigenvalue weighted by Crippen LogP contribution is 2.18. The molecule has 0 saturated carbocycles. The lowest BCUT2D eigenvalue weighted by Gasteiger charge is -2.10. The highest BCUT2D eigenvalue weighted by Gasteiger charge is 2.07. The third-order valence-corrected chi connectivity index (χ3v) is 3.09. The molecule has 0 unspecified atom stereocenters. The molecule has 82 valence electrons. The summed E-state index contributed by atoms with van der Waals surface area (Å²) in [6, 6.07) is 10.5. The molecule has 0 N–H and O–H groups in total. The third-order valence-electron chi connectivity index (χ3n) is 2.53. The van der Waals surface area contributed by atoms with E-state index in [9.17, 15) is 0 Å². The number of aromatic nitrogens is 2. The van der Waals surface area contributed by atoms with Crippen LogP contribution < -0.4 is 0 Å². The van der Waals surface area contributed by atoms with Crippen LogP contribution in [0.15, 0.2) is 42.7 Å². The zero-order valence-electron chi connectivity index (χ0n) is 9.10. The lowest BCUT2D eigenvalue weighted by molar-refractivity contribution is 0.716. The zero-order chi connectivity index (χ0) is 11.4. The fourth-order valence-corrected chi connectivity index (χ4v) is 1.90. The quantitative estimate of drug-likeness (QED) is 0.809. The largest absolute Gasteiger partial charge is 0.240 e. The van der Waals surface area contributed by atoms with Gasteiger partial charge in [-0.2, -0.15) is 0 Å². The Kier molecular flexibility index (Phi) is 3.88. The molecule has 0 fully saturated rings. The average Bonchev–Trinajstić information content (AvgIpc) is 2.33. The van der Waals surface area contributed by atoms with Gasteiger partial charge < -0.3 is 0 Å². The molecule has 0 bridgehead atoms. The average molecular weight is 324 g/mol. The van der Waals surface area contributed by atoms with E-state index in [0.29, 0.717) is 5.92 Å². The molecule has 1 atom stereocenters. The van der Waals surface area contributed by atoms with Gasteiger partial charge in [0.25, 0.3) is 0 Å². The first-order chi connectivity index (χ1) is 7.75. The number of rotatable bonds is 3. The molecule has 2 aromatic rings. The first-order valence-electron chi connectivity index (χ1n) is 5.27. The maximum atomic E-state index is 4.33. The molecular formula is C13H13IN2. The lowest BCUT2D eigenvalue weighted by atomic mass is 9.98. The summed E-state index contributed by atoms with van der Waals surface area (Å²) in [5.74, 6) is 1.37. The van der Waals surface area contributed by atoms with E-state index >= 15 is 0 Å². The molecule has 2 nitrogen and oxygen atoms in total. The lowest BCUT2D eigenvalue weighted by Crippen LogP contribution is -2.02. The molecule has 0 aliphatic rings. The summed E-state index contributed by atoms with van der Waals surface area (Å²) < 4.78 is 1.08. The number of hydrogen-bond acceptors (Lipinski definition) is 2. The van der Waals surface area contributed by atoms with Gasteiger partial charge in [0, 0.05) is 22.4 Å². The summed E-state index contributed by atoms with van der Waals surface area (Å²) in [6.45, 7) is 2.21. The smallest absolute Gasteiger partial charge is 0.128 e. The fraction of sp³-hybridized carbons (Fsp3) is 0.231. The summed E-state index contributed by atoms with van der Waals surface area (Å²) in [5, 5.41) is 0. The molecule has 1 aromatic carbocycles. The Morgan fingerprint density at radius 1 is 1.12 bits per heavy atom. The van der Waals surface area contributed by atoms with Crippen LogP contribution in [0.2, 0.25) is 0 Å². The monoisotopic (exact) mass is 324 g/mol. The maximum Gasteiger partial charge on any atom is 0.128 e. The highest BCUT2D eigenvalue weighted by atomic mass is 127. The van der Waals surface area contributed by atoms with Gasteiger partial charge in [0.05, 0.1) is 0 Å². The Bertz CT molecular complexity index is 439. The fourth-order valence-electron chi connectivity index (χ4n) is 1.62. The molecule has 0 amide bonds. The molecule has 0 aliphatic heterocycles. The second-order valence-electron chi connectivity index (χ2n) is 3.83. The number of benzene rings is 1. The molecule has 0 radical (unpaired) electrons. The Morgan fingerprint density at radius 3 is 2.38 bits per heavy atom. The molecule has 16 heavy (non-hydrogen) atoms. The van der Waals surface area contributed by atoms with E-state index in [4.69, 9.17) is 0 Å². The minimum absolute atomic E-state index is 0.460. The van der Waals surface area contributed by atoms with Gasteiger partial charge in [-0.3, -0.25) is 0 Å². The van der Waals surface area contributed by atoms with Crippen molar-refractivity contribution in [2.24, 2.45) is 0 Å². The van der Waals surface area contributed by atoms with Crippen molar-refractivity contribution in [2.75, 3.05) is 0 Å². The van der Waals surface area contributed by atoms with Crippen molar-refractivity contribution in [1.29, 1.82) is 0 Å². The van der Waals surface area contributed by atoms with Crippen LogP contribution in [0.3, 0.4) is 0 Å². The normalized spacial score (nSPS) is 12.4. The van der Waals surface area contributed by atoms with Gasteiger partial charge in [-0.05, 0) is 34.1 Å². The molecule has 3 heteroatoms. The van der Waals surface area contributed by atoms with Crippen LogP contribution in [0, 0.1) is 3.57 Å². The van der Waals surface area contributed by atoms with E-state index in [1.54, 1.807) is 0 Å². The van der Waals surface area contributed by atoms with Crippen molar-refractivity contribution in [3.8, 4) is 0 Å². The van der Waals surface area contributed by atoms with Crippen molar-refractivity contribution in [3.63, 3.8) is 0 Å².